The van der Waals surface area contributed by atoms with Crippen LogP contribution in [-0.4, -0.2) is 18.0 Å². The zero-order chi connectivity index (χ0) is 18.5. The number of fused-ring (bicyclic) bond motifs is 5. The second kappa shape index (κ2) is 6.54. The Bertz CT molecular complexity index is 676. The number of carbonyl (C=O) groups excluding carboxylic acids is 2. The predicted molar refractivity (Wildman–Crippen MR) is 97.9 cm³/mol. The summed E-state index contributed by atoms with van der Waals surface area (Å²) in [6.07, 6.45) is 12.2. The summed E-state index contributed by atoms with van der Waals surface area (Å²) in [5.41, 5.74) is 1.53. The van der Waals surface area contributed by atoms with Crippen molar-refractivity contribution >= 4 is 11.9 Å². The van der Waals surface area contributed by atoms with E-state index in [1.54, 1.807) is 0 Å². The fourth-order valence-electron chi connectivity index (χ4n) is 6.54. The van der Waals surface area contributed by atoms with E-state index < -0.39 is 0 Å². The fraction of sp³-hybridized carbons (Fsp3) is 0.727. The lowest BCUT2D eigenvalue weighted by Gasteiger charge is -2.52. The highest BCUT2D eigenvalue weighted by atomic mass is 16.5. The second-order valence-corrected chi connectivity index (χ2v) is 8.94. The quantitative estimate of drug-likeness (QED) is 0.680. The molecule has 4 aliphatic rings. The Kier molecular flexibility index (Phi) is 4.48. The van der Waals surface area contributed by atoms with Crippen molar-refractivity contribution in [1.82, 2.24) is 0 Å². The van der Waals surface area contributed by atoms with Crippen LogP contribution in [0.5, 0.6) is 0 Å². The van der Waals surface area contributed by atoms with Gasteiger partial charge in [0.05, 0.1) is 0 Å². The van der Waals surface area contributed by atoms with Crippen molar-refractivity contribution < 1.29 is 19.1 Å². The van der Waals surface area contributed by atoms with E-state index in [1.165, 1.54) is 32.3 Å². The number of hydrogen-bond donors (Lipinski definition) is 0. The highest BCUT2D eigenvalue weighted by molar-refractivity contribution is 5.67. The van der Waals surface area contributed by atoms with E-state index in [4.69, 9.17) is 9.47 Å². The van der Waals surface area contributed by atoms with Gasteiger partial charge in [-0.1, -0.05) is 13.0 Å². The van der Waals surface area contributed by atoms with E-state index in [0.717, 1.165) is 43.8 Å². The molecule has 0 radical (unpaired) electrons. The Hall–Kier alpha value is -1.58. The van der Waals surface area contributed by atoms with E-state index in [-0.39, 0.29) is 23.5 Å². The van der Waals surface area contributed by atoms with Gasteiger partial charge in [-0.2, -0.15) is 0 Å². The SMILES string of the molecule is CC(=O)OC1=CC2=CC[C@@H]3[C@H](CC[C@]4(C)[C@H](OC(C)=O)CC[C@@H]34)[C@@H]2CC1. The number of allylic oxidation sites excluding steroid dienone is 4. The van der Waals surface area contributed by atoms with E-state index in [9.17, 15) is 9.59 Å². The monoisotopic (exact) mass is 358 g/mol. The van der Waals surface area contributed by atoms with E-state index in [1.807, 2.05) is 0 Å². The molecule has 0 saturated heterocycles. The lowest BCUT2D eigenvalue weighted by Crippen LogP contribution is -2.47. The minimum absolute atomic E-state index is 0.0955. The van der Waals surface area contributed by atoms with E-state index in [0.29, 0.717) is 17.8 Å². The smallest absolute Gasteiger partial charge is 0.307 e. The van der Waals surface area contributed by atoms with Gasteiger partial charge in [-0.3, -0.25) is 9.59 Å². The zero-order valence-electron chi connectivity index (χ0n) is 16.1. The summed E-state index contributed by atoms with van der Waals surface area (Å²) in [5.74, 6) is 3.15. The first-order valence-electron chi connectivity index (χ1n) is 10.1. The predicted octanol–water partition coefficient (Wildman–Crippen LogP) is 4.55. The summed E-state index contributed by atoms with van der Waals surface area (Å²) < 4.78 is 11.1. The molecule has 0 amide bonds. The average molecular weight is 358 g/mol. The molecule has 26 heavy (non-hydrogen) atoms. The Balaban J connectivity index is 1.55. The van der Waals surface area contributed by atoms with Gasteiger partial charge in [-0.25, -0.2) is 0 Å². The molecule has 2 saturated carbocycles. The third-order valence-electron chi connectivity index (χ3n) is 7.59. The summed E-state index contributed by atoms with van der Waals surface area (Å²) in [7, 11) is 0. The molecule has 4 heteroatoms. The van der Waals surface area contributed by atoms with Gasteiger partial charge in [0.15, 0.2) is 0 Å². The van der Waals surface area contributed by atoms with Crippen molar-refractivity contribution in [2.75, 3.05) is 0 Å². The minimum Gasteiger partial charge on any atom is -0.462 e. The van der Waals surface area contributed by atoms with Crippen LogP contribution in [0.1, 0.15) is 65.7 Å². The summed E-state index contributed by atoms with van der Waals surface area (Å²) in [6, 6.07) is 0. The summed E-state index contributed by atoms with van der Waals surface area (Å²) in [4.78, 5) is 22.8. The van der Waals surface area contributed by atoms with Crippen molar-refractivity contribution in [3.63, 3.8) is 0 Å². The van der Waals surface area contributed by atoms with Crippen LogP contribution in [0.25, 0.3) is 0 Å². The van der Waals surface area contributed by atoms with Crippen LogP contribution < -0.4 is 0 Å². The Morgan fingerprint density at radius 3 is 2.62 bits per heavy atom. The minimum atomic E-state index is -0.222. The van der Waals surface area contributed by atoms with Crippen molar-refractivity contribution in [2.24, 2.45) is 29.1 Å². The molecular formula is C22H30O4. The van der Waals surface area contributed by atoms with Gasteiger partial charge in [0.1, 0.15) is 11.9 Å². The molecule has 4 nitrogen and oxygen atoms in total. The number of rotatable bonds is 2. The van der Waals surface area contributed by atoms with Crippen LogP contribution in [0, 0.1) is 29.1 Å². The van der Waals surface area contributed by atoms with Crippen LogP contribution in [0.2, 0.25) is 0 Å². The fourth-order valence-corrected chi connectivity index (χ4v) is 6.54. The molecule has 0 N–H and O–H groups in total. The molecule has 0 aromatic heterocycles. The van der Waals surface area contributed by atoms with Crippen LogP contribution in [0.3, 0.4) is 0 Å². The molecule has 0 unspecified atom stereocenters. The number of esters is 2. The molecule has 6 atom stereocenters. The molecule has 0 aromatic carbocycles. The van der Waals surface area contributed by atoms with Gasteiger partial charge in [-0.15, -0.1) is 0 Å². The van der Waals surface area contributed by atoms with Gasteiger partial charge < -0.3 is 9.47 Å². The summed E-state index contributed by atoms with van der Waals surface area (Å²) in [5, 5.41) is 0. The Morgan fingerprint density at radius 1 is 1.08 bits per heavy atom. The van der Waals surface area contributed by atoms with Crippen LogP contribution in [0.15, 0.2) is 23.5 Å². The van der Waals surface area contributed by atoms with Crippen molar-refractivity contribution in [3.8, 4) is 0 Å². The molecule has 142 valence electrons. The lowest BCUT2D eigenvalue weighted by molar-refractivity contribution is -0.155. The normalized spacial score (nSPS) is 41.1. The Morgan fingerprint density at radius 2 is 1.88 bits per heavy atom. The first-order valence-corrected chi connectivity index (χ1v) is 10.1. The third kappa shape index (κ3) is 2.91. The van der Waals surface area contributed by atoms with Gasteiger partial charge >= 0.3 is 11.9 Å². The third-order valence-corrected chi connectivity index (χ3v) is 7.59. The largest absolute Gasteiger partial charge is 0.462 e. The van der Waals surface area contributed by atoms with Crippen LogP contribution >= 0.6 is 0 Å². The molecule has 0 heterocycles. The van der Waals surface area contributed by atoms with Crippen molar-refractivity contribution in [1.29, 1.82) is 0 Å². The molecule has 2 fully saturated rings. The van der Waals surface area contributed by atoms with Crippen molar-refractivity contribution in [3.05, 3.63) is 23.5 Å². The number of hydrogen-bond acceptors (Lipinski definition) is 4. The molecule has 0 spiro atoms. The van der Waals surface area contributed by atoms with Gasteiger partial charge in [0, 0.05) is 25.7 Å². The maximum absolute atomic E-state index is 11.5. The molecule has 4 rings (SSSR count). The zero-order valence-corrected chi connectivity index (χ0v) is 16.1. The van der Waals surface area contributed by atoms with Crippen LogP contribution in [-0.2, 0) is 19.1 Å². The second-order valence-electron chi connectivity index (χ2n) is 8.94. The van der Waals surface area contributed by atoms with Gasteiger partial charge in [0.25, 0.3) is 0 Å². The van der Waals surface area contributed by atoms with Crippen molar-refractivity contribution in [2.45, 2.75) is 71.8 Å². The average Bonchev–Trinajstić information content (AvgIpc) is 2.90. The summed E-state index contributed by atoms with van der Waals surface area (Å²) in [6.45, 7) is 5.36. The molecule has 0 aromatic rings. The summed E-state index contributed by atoms with van der Waals surface area (Å²) >= 11 is 0. The number of ether oxygens (including phenoxy) is 2. The first kappa shape index (κ1) is 17.8. The van der Waals surface area contributed by atoms with Gasteiger partial charge in [0.2, 0.25) is 0 Å². The molecular weight excluding hydrogens is 328 g/mol. The molecule has 4 aliphatic carbocycles. The lowest BCUT2D eigenvalue weighted by atomic mass is 9.53. The maximum atomic E-state index is 11.5. The number of carbonyl (C=O) groups is 2. The topological polar surface area (TPSA) is 52.6 Å². The highest BCUT2D eigenvalue weighted by Crippen LogP contribution is 2.61. The van der Waals surface area contributed by atoms with E-state index in [2.05, 4.69) is 19.1 Å². The standard InChI is InChI=1S/C22H30O4/c1-13(23)25-16-5-7-17-15(12-16)4-6-19-18(17)10-11-22(3)20(19)8-9-21(22)26-14(2)24/h4,12,17-21H,5-11H2,1-3H3/t17-,18-,19-,20+,21-,22+/m1/s1. The molecule has 0 aliphatic heterocycles. The molecule has 0 bridgehead atoms. The Labute approximate surface area is 156 Å². The first-order chi connectivity index (χ1) is 12.4. The van der Waals surface area contributed by atoms with E-state index >= 15 is 0 Å². The highest BCUT2D eigenvalue weighted by Gasteiger charge is 2.56. The maximum Gasteiger partial charge on any atom is 0.307 e. The van der Waals surface area contributed by atoms with Gasteiger partial charge in [-0.05, 0) is 73.8 Å². The van der Waals surface area contributed by atoms with Crippen LogP contribution in [0.4, 0.5) is 0 Å².